The second-order valence-electron chi connectivity index (χ2n) is 3.83. The van der Waals surface area contributed by atoms with Crippen LogP contribution in [0, 0.1) is 12.7 Å². The highest BCUT2D eigenvalue weighted by Crippen LogP contribution is 2.20. The first kappa shape index (κ1) is 9.96. The lowest BCUT2D eigenvalue weighted by molar-refractivity contribution is 0.0651. The topological polar surface area (TPSA) is 46.3 Å². The quantitative estimate of drug-likeness (QED) is 0.712. The molecular formula is C11H13FN2O. The van der Waals surface area contributed by atoms with Crippen LogP contribution in [0.25, 0.3) is 0 Å². The van der Waals surface area contributed by atoms with Crippen molar-refractivity contribution in [3.05, 3.63) is 29.1 Å². The molecule has 15 heavy (non-hydrogen) atoms. The van der Waals surface area contributed by atoms with E-state index >= 15 is 0 Å². The second-order valence-corrected chi connectivity index (χ2v) is 3.83. The number of carbonyl (C=O) groups excluding carboxylic acids is 1. The molecule has 80 valence electrons. The maximum Gasteiger partial charge on any atom is 0.254 e. The van der Waals surface area contributed by atoms with Gasteiger partial charge in [0, 0.05) is 18.7 Å². The van der Waals surface area contributed by atoms with Crippen molar-refractivity contribution >= 4 is 11.6 Å². The summed E-state index contributed by atoms with van der Waals surface area (Å²) in [5.41, 5.74) is 6.62. The van der Waals surface area contributed by atoms with Crippen molar-refractivity contribution in [1.82, 2.24) is 4.90 Å². The molecule has 0 radical (unpaired) electrons. The summed E-state index contributed by atoms with van der Waals surface area (Å²) < 4.78 is 13.1. The molecule has 1 amide bonds. The van der Waals surface area contributed by atoms with Crippen molar-refractivity contribution in [3.8, 4) is 0 Å². The van der Waals surface area contributed by atoms with Gasteiger partial charge >= 0.3 is 0 Å². The second kappa shape index (κ2) is 3.53. The van der Waals surface area contributed by atoms with Crippen molar-refractivity contribution in [2.75, 3.05) is 18.8 Å². The molecule has 0 aromatic heterocycles. The molecule has 1 saturated heterocycles. The van der Waals surface area contributed by atoms with E-state index in [-0.39, 0.29) is 11.6 Å². The number of hydrogen-bond acceptors (Lipinski definition) is 2. The third-order valence-corrected chi connectivity index (χ3v) is 2.72. The summed E-state index contributed by atoms with van der Waals surface area (Å²) in [4.78, 5) is 13.6. The van der Waals surface area contributed by atoms with Gasteiger partial charge in [-0.1, -0.05) is 0 Å². The fourth-order valence-corrected chi connectivity index (χ4v) is 1.61. The first-order chi connectivity index (χ1) is 7.09. The van der Waals surface area contributed by atoms with E-state index in [4.69, 9.17) is 5.73 Å². The Labute approximate surface area is 87.7 Å². The minimum Gasteiger partial charge on any atom is -0.396 e. The molecule has 3 nitrogen and oxygen atoms in total. The van der Waals surface area contributed by atoms with Gasteiger partial charge < -0.3 is 10.6 Å². The maximum absolute atomic E-state index is 13.1. The number of carbonyl (C=O) groups is 1. The van der Waals surface area contributed by atoms with Gasteiger partial charge in [0.15, 0.2) is 0 Å². The SMILES string of the molecule is Cc1cc(F)c(N)cc1C(=O)N1CCC1. The Morgan fingerprint density at radius 2 is 2.13 bits per heavy atom. The number of rotatable bonds is 1. The van der Waals surface area contributed by atoms with Crippen LogP contribution in [0.4, 0.5) is 10.1 Å². The standard InChI is InChI=1S/C11H13FN2O/c1-7-5-9(12)10(13)6-8(7)11(15)14-3-2-4-14/h5-6H,2-4,13H2,1H3. The van der Waals surface area contributed by atoms with Crippen LogP contribution in [-0.4, -0.2) is 23.9 Å². The minimum absolute atomic E-state index is 0.0319. The van der Waals surface area contributed by atoms with Crippen LogP contribution in [0.1, 0.15) is 22.3 Å². The Hall–Kier alpha value is -1.58. The predicted octanol–water partition coefficient (Wildman–Crippen LogP) is 1.56. The van der Waals surface area contributed by atoms with Gasteiger partial charge in [-0.2, -0.15) is 0 Å². The van der Waals surface area contributed by atoms with Crippen LogP contribution in [0.3, 0.4) is 0 Å². The zero-order valence-electron chi connectivity index (χ0n) is 8.59. The van der Waals surface area contributed by atoms with Crippen LogP contribution in [0.15, 0.2) is 12.1 Å². The Morgan fingerprint density at radius 1 is 1.47 bits per heavy atom. The summed E-state index contributed by atoms with van der Waals surface area (Å²) in [5, 5.41) is 0. The molecule has 0 unspecified atom stereocenters. The highest BCUT2D eigenvalue weighted by atomic mass is 19.1. The maximum atomic E-state index is 13.1. The number of benzene rings is 1. The Bertz CT molecular complexity index is 413. The van der Waals surface area contributed by atoms with Gasteiger partial charge in [0.2, 0.25) is 0 Å². The molecule has 1 aliphatic rings. The number of nitrogens with zero attached hydrogens (tertiary/aromatic N) is 1. The molecule has 0 spiro atoms. The van der Waals surface area contributed by atoms with Gasteiger partial charge in [0.05, 0.1) is 5.69 Å². The Kier molecular flexibility index (Phi) is 2.34. The fourth-order valence-electron chi connectivity index (χ4n) is 1.61. The van der Waals surface area contributed by atoms with E-state index in [1.165, 1.54) is 12.1 Å². The summed E-state index contributed by atoms with van der Waals surface area (Å²) in [7, 11) is 0. The normalized spacial score (nSPS) is 14.9. The van der Waals surface area contributed by atoms with Crippen LogP contribution in [0.5, 0.6) is 0 Å². The molecule has 0 aliphatic carbocycles. The largest absolute Gasteiger partial charge is 0.396 e. The highest BCUT2D eigenvalue weighted by Gasteiger charge is 2.23. The van der Waals surface area contributed by atoms with E-state index in [9.17, 15) is 9.18 Å². The first-order valence-electron chi connectivity index (χ1n) is 4.94. The van der Waals surface area contributed by atoms with Gasteiger partial charge in [-0.3, -0.25) is 4.79 Å². The molecular weight excluding hydrogens is 195 g/mol. The predicted molar refractivity (Wildman–Crippen MR) is 56.1 cm³/mol. The van der Waals surface area contributed by atoms with Crippen LogP contribution >= 0.6 is 0 Å². The van der Waals surface area contributed by atoms with Crippen LogP contribution in [0.2, 0.25) is 0 Å². The highest BCUT2D eigenvalue weighted by molar-refractivity contribution is 5.96. The van der Waals surface area contributed by atoms with Crippen molar-refractivity contribution in [1.29, 1.82) is 0 Å². The van der Waals surface area contributed by atoms with Gasteiger partial charge in [-0.25, -0.2) is 4.39 Å². The zero-order valence-corrected chi connectivity index (χ0v) is 8.59. The summed E-state index contributed by atoms with van der Waals surface area (Å²) in [6.45, 7) is 3.29. The summed E-state index contributed by atoms with van der Waals surface area (Å²) in [6.07, 6.45) is 1.04. The summed E-state index contributed by atoms with van der Waals surface area (Å²) >= 11 is 0. The molecule has 2 rings (SSSR count). The number of nitrogens with two attached hydrogens (primary N) is 1. The molecule has 4 heteroatoms. The monoisotopic (exact) mass is 208 g/mol. The van der Waals surface area contributed by atoms with Crippen LogP contribution < -0.4 is 5.73 Å². The number of aryl methyl sites for hydroxylation is 1. The lowest BCUT2D eigenvalue weighted by Crippen LogP contribution is -2.42. The molecule has 1 aromatic rings. The van der Waals surface area contributed by atoms with Crippen molar-refractivity contribution in [2.45, 2.75) is 13.3 Å². The van der Waals surface area contributed by atoms with Crippen LogP contribution in [-0.2, 0) is 0 Å². The lowest BCUT2D eigenvalue weighted by Gasteiger charge is -2.31. The number of amides is 1. The Balaban J connectivity index is 2.34. The number of nitrogen functional groups attached to an aromatic ring is 1. The summed E-state index contributed by atoms with van der Waals surface area (Å²) in [6, 6.07) is 2.73. The molecule has 1 aliphatic heterocycles. The average Bonchev–Trinajstić information content (AvgIpc) is 2.08. The van der Waals surface area contributed by atoms with Gasteiger partial charge in [0.1, 0.15) is 5.82 Å². The van der Waals surface area contributed by atoms with Gasteiger partial charge in [-0.05, 0) is 31.0 Å². The van der Waals surface area contributed by atoms with E-state index in [2.05, 4.69) is 0 Å². The molecule has 1 fully saturated rings. The van der Waals surface area contributed by atoms with Crippen molar-refractivity contribution in [2.24, 2.45) is 0 Å². The molecule has 1 aromatic carbocycles. The number of hydrogen-bond donors (Lipinski definition) is 1. The fraction of sp³-hybridized carbons (Fsp3) is 0.364. The first-order valence-corrected chi connectivity index (χ1v) is 4.94. The average molecular weight is 208 g/mol. The number of likely N-dealkylation sites (tertiary alicyclic amines) is 1. The van der Waals surface area contributed by atoms with E-state index < -0.39 is 5.82 Å². The van der Waals surface area contributed by atoms with Crippen molar-refractivity contribution < 1.29 is 9.18 Å². The molecule has 2 N–H and O–H groups in total. The van der Waals surface area contributed by atoms with E-state index in [0.29, 0.717) is 11.1 Å². The third kappa shape index (κ3) is 1.67. The molecule has 0 saturated carbocycles. The third-order valence-electron chi connectivity index (χ3n) is 2.72. The van der Waals surface area contributed by atoms with E-state index in [1.54, 1.807) is 11.8 Å². The van der Waals surface area contributed by atoms with E-state index in [1.807, 2.05) is 0 Å². The molecule has 0 bridgehead atoms. The lowest BCUT2D eigenvalue weighted by atomic mass is 10.0. The van der Waals surface area contributed by atoms with E-state index in [0.717, 1.165) is 19.5 Å². The number of halogens is 1. The Morgan fingerprint density at radius 3 is 2.67 bits per heavy atom. The van der Waals surface area contributed by atoms with Gasteiger partial charge in [-0.15, -0.1) is 0 Å². The summed E-state index contributed by atoms with van der Waals surface area (Å²) in [5.74, 6) is -0.516. The smallest absolute Gasteiger partial charge is 0.254 e. The van der Waals surface area contributed by atoms with Crippen molar-refractivity contribution in [3.63, 3.8) is 0 Å². The minimum atomic E-state index is -0.465. The molecule has 0 atom stereocenters. The number of anilines is 1. The molecule has 1 heterocycles. The zero-order chi connectivity index (χ0) is 11.0. The van der Waals surface area contributed by atoms with Gasteiger partial charge in [0.25, 0.3) is 5.91 Å².